The van der Waals surface area contributed by atoms with E-state index < -0.39 is 5.97 Å². The van der Waals surface area contributed by atoms with E-state index in [0.29, 0.717) is 23.5 Å². The van der Waals surface area contributed by atoms with E-state index in [1.54, 1.807) is 17.3 Å². The standard InChI is InChI=1S/C21H22N4O4S2/c26-17(27)13-30-18-11-23-20(31-18)24-21(28)25(12-14-4-1-2-5-14)16-7-3-6-15(10-16)19-22-8-9-29-19/h3,6-11,14H,1-2,4-5,12-13H2,(H,26,27)(H,23,24,28). The maximum Gasteiger partial charge on any atom is 0.328 e. The Kier molecular flexibility index (Phi) is 6.88. The Morgan fingerprint density at radius 1 is 1.29 bits per heavy atom. The number of carboxylic acids is 1. The molecule has 2 amide bonds. The number of benzene rings is 1. The minimum Gasteiger partial charge on any atom is -0.481 e. The largest absolute Gasteiger partial charge is 0.481 e. The predicted molar refractivity (Wildman–Crippen MR) is 121 cm³/mol. The van der Waals surface area contributed by atoms with Crippen molar-refractivity contribution >= 4 is 45.9 Å². The Morgan fingerprint density at radius 3 is 2.87 bits per heavy atom. The maximum atomic E-state index is 13.2. The number of nitrogens with one attached hydrogen (secondary N) is 1. The molecule has 8 nitrogen and oxygen atoms in total. The highest BCUT2D eigenvalue weighted by molar-refractivity contribution is 8.01. The monoisotopic (exact) mass is 458 g/mol. The van der Waals surface area contributed by atoms with Gasteiger partial charge in [0.1, 0.15) is 6.26 Å². The van der Waals surface area contributed by atoms with Crippen LogP contribution in [0, 0.1) is 5.92 Å². The smallest absolute Gasteiger partial charge is 0.328 e. The molecular formula is C21H22N4O4S2. The lowest BCUT2D eigenvalue weighted by Gasteiger charge is -2.26. The number of thiazole rings is 1. The van der Waals surface area contributed by atoms with Gasteiger partial charge in [0.2, 0.25) is 5.89 Å². The number of anilines is 2. The molecule has 1 saturated carbocycles. The van der Waals surface area contributed by atoms with Crippen LogP contribution in [0.15, 0.2) is 51.5 Å². The molecule has 0 bridgehead atoms. The molecule has 162 valence electrons. The van der Waals surface area contributed by atoms with Crippen LogP contribution in [-0.4, -0.2) is 39.4 Å². The van der Waals surface area contributed by atoms with E-state index in [1.165, 1.54) is 42.2 Å². The Bertz CT molecular complexity index is 1030. The van der Waals surface area contributed by atoms with Crippen LogP contribution in [0.5, 0.6) is 0 Å². The number of carboxylic acid groups (broad SMARTS) is 1. The fourth-order valence-corrected chi connectivity index (χ4v) is 5.19. The molecule has 3 aromatic rings. The summed E-state index contributed by atoms with van der Waals surface area (Å²) in [6.45, 7) is 0.618. The first-order valence-electron chi connectivity index (χ1n) is 9.97. The van der Waals surface area contributed by atoms with Gasteiger partial charge in [0.25, 0.3) is 0 Å². The van der Waals surface area contributed by atoms with Gasteiger partial charge >= 0.3 is 12.0 Å². The fraction of sp³-hybridized carbons (Fsp3) is 0.333. The first-order chi connectivity index (χ1) is 15.1. The van der Waals surface area contributed by atoms with Gasteiger partial charge in [-0.1, -0.05) is 30.2 Å². The summed E-state index contributed by atoms with van der Waals surface area (Å²) in [6, 6.07) is 7.31. The average Bonchev–Trinajstić information content (AvgIpc) is 3.54. The Balaban J connectivity index is 1.53. The summed E-state index contributed by atoms with van der Waals surface area (Å²) in [5.41, 5.74) is 1.56. The van der Waals surface area contributed by atoms with E-state index in [9.17, 15) is 9.59 Å². The molecule has 10 heteroatoms. The molecule has 2 N–H and O–H groups in total. The van der Waals surface area contributed by atoms with Crippen LogP contribution in [0.1, 0.15) is 25.7 Å². The van der Waals surface area contributed by atoms with Crippen molar-refractivity contribution in [3.05, 3.63) is 42.9 Å². The zero-order chi connectivity index (χ0) is 21.6. The third-order valence-corrected chi connectivity index (χ3v) is 7.13. The summed E-state index contributed by atoms with van der Waals surface area (Å²) >= 11 is 2.45. The maximum absolute atomic E-state index is 13.2. The number of hydrogen-bond donors (Lipinski definition) is 2. The second-order valence-corrected chi connectivity index (χ2v) is 9.55. The van der Waals surface area contributed by atoms with Crippen molar-refractivity contribution in [3.63, 3.8) is 0 Å². The number of oxazole rings is 1. The number of carbonyl (C=O) groups excluding carboxylic acids is 1. The van der Waals surface area contributed by atoms with Gasteiger partial charge in [-0.2, -0.15) is 0 Å². The minimum atomic E-state index is -0.891. The normalized spacial score (nSPS) is 13.9. The third-order valence-electron chi connectivity index (χ3n) is 5.03. The Labute approximate surface area is 187 Å². The van der Waals surface area contributed by atoms with Gasteiger partial charge < -0.3 is 9.52 Å². The number of carbonyl (C=O) groups is 2. The summed E-state index contributed by atoms with van der Waals surface area (Å²) < 4.78 is 6.15. The number of nitrogens with zero attached hydrogens (tertiary/aromatic N) is 3. The SMILES string of the molecule is O=C(O)CSc1cnc(NC(=O)N(CC2CCCC2)c2cccc(-c3ncco3)c2)s1. The Hall–Kier alpha value is -2.85. The van der Waals surface area contributed by atoms with Crippen LogP contribution in [-0.2, 0) is 4.79 Å². The molecule has 4 rings (SSSR count). The molecule has 1 fully saturated rings. The molecule has 1 aliphatic carbocycles. The van der Waals surface area contributed by atoms with Crippen molar-refractivity contribution in [1.82, 2.24) is 9.97 Å². The number of aliphatic carboxylic acids is 1. The fourth-order valence-electron chi connectivity index (χ4n) is 3.61. The highest BCUT2D eigenvalue weighted by Gasteiger charge is 2.24. The lowest BCUT2D eigenvalue weighted by Crippen LogP contribution is -2.38. The van der Waals surface area contributed by atoms with E-state index in [2.05, 4.69) is 15.3 Å². The van der Waals surface area contributed by atoms with Gasteiger partial charge in [-0.25, -0.2) is 14.8 Å². The predicted octanol–water partition coefficient (Wildman–Crippen LogP) is 5.20. The van der Waals surface area contributed by atoms with Crippen molar-refractivity contribution in [2.75, 3.05) is 22.5 Å². The molecule has 2 aromatic heterocycles. The molecule has 31 heavy (non-hydrogen) atoms. The number of aromatic nitrogens is 2. The summed E-state index contributed by atoms with van der Waals surface area (Å²) in [7, 11) is 0. The quantitative estimate of drug-likeness (QED) is 0.446. The van der Waals surface area contributed by atoms with Gasteiger partial charge in [0, 0.05) is 17.8 Å². The lowest BCUT2D eigenvalue weighted by atomic mass is 10.1. The molecule has 0 radical (unpaired) electrons. The van der Waals surface area contributed by atoms with Crippen molar-refractivity contribution < 1.29 is 19.1 Å². The molecule has 0 atom stereocenters. The number of rotatable bonds is 8. The number of hydrogen-bond acceptors (Lipinski definition) is 7. The van der Waals surface area contributed by atoms with Crippen LogP contribution in [0.2, 0.25) is 0 Å². The first-order valence-corrected chi connectivity index (χ1v) is 11.8. The lowest BCUT2D eigenvalue weighted by molar-refractivity contribution is -0.133. The average molecular weight is 459 g/mol. The molecule has 0 saturated heterocycles. The highest BCUT2D eigenvalue weighted by Crippen LogP contribution is 2.31. The van der Waals surface area contributed by atoms with Crippen LogP contribution in [0.4, 0.5) is 15.6 Å². The second kappa shape index (κ2) is 9.97. The first kappa shape index (κ1) is 21.4. The van der Waals surface area contributed by atoms with E-state index in [0.717, 1.165) is 28.3 Å². The van der Waals surface area contributed by atoms with E-state index in [1.807, 2.05) is 24.3 Å². The minimum absolute atomic E-state index is 0.0447. The zero-order valence-electron chi connectivity index (χ0n) is 16.7. The summed E-state index contributed by atoms with van der Waals surface area (Å²) in [6.07, 6.45) is 9.28. The van der Waals surface area contributed by atoms with Gasteiger partial charge in [-0.05, 0) is 37.0 Å². The van der Waals surface area contributed by atoms with Crippen LogP contribution >= 0.6 is 23.1 Å². The summed E-state index contributed by atoms with van der Waals surface area (Å²) in [4.78, 5) is 34.1. The zero-order valence-corrected chi connectivity index (χ0v) is 18.3. The van der Waals surface area contributed by atoms with Crippen molar-refractivity contribution in [1.29, 1.82) is 0 Å². The molecule has 0 unspecified atom stereocenters. The van der Waals surface area contributed by atoms with E-state index >= 15 is 0 Å². The van der Waals surface area contributed by atoms with Crippen molar-refractivity contribution in [2.24, 2.45) is 5.92 Å². The topological polar surface area (TPSA) is 109 Å². The van der Waals surface area contributed by atoms with Gasteiger partial charge in [-0.15, -0.1) is 11.8 Å². The van der Waals surface area contributed by atoms with Gasteiger partial charge in [-0.3, -0.25) is 15.0 Å². The van der Waals surface area contributed by atoms with Crippen LogP contribution in [0.25, 0.3) is 11.5 Å². The summed E-state index contributed by atoms with van der Waals surface area (Å²) in [5.74, 6) is 0.0200. The number of thioether (sulfide) groups is 1. The Morgan fingerprint density at radius 2 is 2.13 bits per heavy atom. The van der Waals surface area contributed by atoms with Crippen molar-refractivity contribution in [3.8, 4) is 11.5 Å². The van der Waals surface area contributed by atoms with Crippen molar-refractivity contribution in [2.45, 2.75) is 29.9 Å². The number of amides is 2. The van der Waals surface area contributed by atoms with E-state index in [-0.39, 0.29) is 11.8 Å². The molecule has 0 spiro atoms. The molecule has 0 aliphatic heterocycles. The molecule has 1 aromatic carbocycles. The third kappa shape index (κ3) is 5.65. The van der Waals surface area contributed by atoms with Crippen LogP contribution in [0.3, 0.4) is 0 Å². The molecular weight excluding hydrogens is 436 g/mol. The number of urea groups is 1. The van der Waals surface area contributed by atoms with E-state index in [4.69, 9.17) is 9.52 Å². The van der Waals surface area contributed by atoms with Gasteiger partial charge in [0.15, 0.2) is 5.13 Å². The van der Waals surface area contributed by atoms with Crippen LogP contribution < -0.4 is 10.2 Å². The highest BCUT2D eigenvalue weighted by atomic mass is 32.2. The summed E-state index contributed by atoms with van der Waals surface area (Å²) in [5, 5.41) is 12.1. The molecule has 1 aliphatic rings. The second-order valence-electron chi connectivity index (χ2n) is 7.25. The van der Waals surface area contributed by atoms with Gasteiger partial charge in [0.05, 0.1) is 22.4 Å². The molecule has 2 heterocycles.